The Morgan fingerprint density at radius 2 is 1.82 bits per heavy atom. The second-order valence-electron chi connectivity index (χ2n) is 3.64. The van der Waals surface area contributed by atoms with E-state index < -0.39 is 0 Å². The number of hydrogen-bond acceptors (Lipinski definition) is 4. The highest BCUT2D eigenvalue weighted by Gasteiger charge is 2.08. The molecule has 0 amide bonds. The van der Waals surface area contributed by atoms with Crippen molar-refractivity contribution in [3.05, 3.63) is 34.8 Å². The minimum Gasteiger partial charge on any atom is -0.363 e. The highest BCUT2D eigenvalue weighted by molar-refractivity contribution is 6.33. The van der Waals surface area contributed by atoms with Crippen molar-refractivity contribution in [2.75, 3.05) is 19.0 Å². The van der Waals surface area contributed by atoms with Crippen LogP contribution >= 0.6 is 23.2 Å². The molecule has 0 spiro atoms. The predicted molar refractivity (Wildman–Crippen MR) is 69.6 cm³/mol. The lowest BCUT2D eigenvalue weighted by Gasteiger charge is -2.11. The standard InChI is InChI=1S/C11H10Cl2N4/c1-17(2)9-4-3-7(5-14-9)10-8(12)6-15-11(13)16-10/h3-6H,1-2H3. The van der Waals surface area contributed by atoms with E-state index in [1.165, 1.54) is 6.20 Å². The zero-order valence-electron chi connectivity index (χ0n) is 9.35. The number of rotatable bonds is 2. The average Bonchev–Trinajstić information content (AvgIpc) is 2.32. The quantitative estimate of drug-likeness (QED) is 0.786. The Morgan fingerprint density at radius 1 is 1.06 bits per heavy atom. The van der Waals surface area contributed by atoms with Crippen LogP contribution in [0.15, 0.2) is 24.5 Å². The molecule has 6 heteroatoms. The van der Waals surface area contributed by atoms with Crippen LogP contribution in [0, 0.1) is 0 Å². The number of nitrogens with zero attached hydrogens (tertiary/aromatic N) is 4. The topological polar surface area (TPSA) is 41.9 Å². The normalized spacial score (nSPS) is 10.4. The maximum Gasteiger partial charge on any atom is 0.222 e. The molecule has 17 heavy (non-hydrogen) atoms. The minimum atomic E-state index is 0.168. The molecule has 0 aliphatic rings. The molecule has 0 radical (unpaired) electrons. The van der Waals surface area contributed by atoms with Crippen LogP contribution < -0.4 is 4.90 Å². The highest BCUT2D eigenvalue weighted by atomic mass is 35.5. The van der Waals surface area contributed by atoms with E-state index in [0.717, 1.165) is 11.4 Å². The van der Waals surface area contributed by atoms with Gasteiger partial charge in [-0.1, -0.05) is 11.6 Å². The number of halogens is 2. The van der Waals surface area contributed by atoms with Crippen molar-refractivity contribution < 1.29 is 0 Å². The summed E-state index contributed by atoms with van der Waals surface area (Å²) in [5, 5.41) is 0.620. The Labute approximate surface area is 109 Å². The van der Waals surface area contributed by atoms with Gasteiger partial charge in [-0.05, 0) is 23.7 Å². The van der Waals surface area contributed by atoms with E-state index in [1.54, 1.807) is 6.20 Å². The summed E-state index contributed by atoms with van der Waals surface area (Å²) in [5.41, 5.74) is 1.40. The maximum atomic E-state index is 6.01. The summed E-state index contributed by atoms with van der Waals surface area (Å²) in [7, 11) is 3.85. The number of anilines is 1. The fourth-order valence-electron chi connectivity index (χ4n) is 1.34. The first-order valence-electron chi connectivity index (χ1n) is 4.89. The van der Waals surface area contributed by atoms with Crippen LogP contribution in [0.1, 0.15) is 0 Å². The van der Waals surface area contributed by atoms with Gasteiger partial charge in [-0.2, -0.15) is 0 Å². The van der Waals surface area contributed by atoms with E-state index in [2.05, 4.69) is 15.0 Å². The van der Waals surface area contributed by atoms with E-state index in [9.17, 15) is 0 Å². The van der Waals surface area contributed by atoms with Gasteiger partial charge in [0, 0.05) is 25.9 Å². The maximum absolute atomic E-state index is 6.01. The van der Waals surface area contributed by atoms with Gasteiger partial charge in [0.05, 0.1) is 16.9 Å². The third-order valence-corrected chi connectivity index (χ3v) is 2.65. The fraction of sp³-hybridized carbons (Fsp3) is 0.182. The van der Waals surface area contributed by atoms with E-state index >= 15 is 0 Å². The summed E-state index contributed by atoms with van der Waals surface area (Å²) in [5.74, 6) is 0.866. The molecule has 0 unspecified atom stereocenters. The largest absolute Gasteiger partial charge is 0.363 e. The molecular weight excluding hydrogens is 259 g/mol. The summed E-state index contributed by atoms with van der Waals surface area (Å²) >= 11 is 11.8. The second-order valence-corrected chi connectivity index (χ2v) is 4.38. The van der Waals surface area contributed by atoms with Gasteiger partial charge >= 0.3 is 0 Å². The lowest BCUT2D eigenvalue weighted by Crippen LogP contribution is -2.10. The molecule has 0 bridgehead atoms. The summed E-state index contributed by atoms with van der Waals surface area (Å²) in [6.45, 7) is 0. The molecule has 0 saturated carbocycles. The second kappa shape index (κ2) is 4.85. The average molecular weight is 269 g/mol. The lowest BCUT2D eigenvalue weighted by atomic mass is 10.2. The van der Waals surface area contributed by atoms with Gasteiger partial charge in [-0.25, -0.2) is 15.0 Å². The summed E-state index contributed by atoms with van der Waals surface area (Å²) in [6, 6.07) is 3.79. The zero-order valence-corrected chi connectivity index (χ0v) is 10.9. The Balaban J connectivity index is 2.43. The first-order chi connectivity index (χ1) is 8.08. The highest BCUT2D eigenvalue weighted by Crippen LogP contribution is 2.26. The molecule has 2 heterocycles. The summed E-state index contributed by atoms with van der Waals surface area (Å²) in [6.07, 6.45) is 3.19. The van der Waals surface area contributed by atoms with Crippen LogP contribution in [-0.2, 0) is 0 Å². The lowest BCUT2D eigenvalue weighted by molar-refractivity contribution is 1.07. The molecule has 2 aromatic heterocycles. The smallest absolute Gasteiger partial charge is 0.222 e. The van der Waals surface area contributed by atoms with E-state index in [1.807, 2.05) is 31.1 Å². The van der Waals surface area contributed by atoms with Crippen LogP contribution in [0.3, 0.4) is 0 Å². The first kappa shape index (κ1) is 12.1. The van der Waals surface area contributed by atoms with E-state index in [4.69, 9.17) is 23.2 Å². The molecule has 2 rings (SSSR count). The van der Waals surface area contributed by atoms with Crippen molar-refractivity contribution >= 4 is 29.0 Å². The van der Waals surface area contributed by atoms with Crippen molar-refractivity contribution in [3.8, 4) is 11.3 Å². The van der Waals surface area contributed by atoms with Crippen molar-refractivity contribution in [2.45, 2.75) is 0 Å². The van der Waals surface area contributed by atoms with Gasteiger partial charge in [0.1, 0.15) is 5.82 Å². The minimum absolute atomic E-state index is 0.168. The summed E-state index contributed by atoms with van der Waals surface area (Å²) in [4.78, 5) is 14.1. The SMILES string of the molecule is CN(C)c1ccc(-c2nc(Cl)ncc2Cl)cn1. The van der Waals surface area contributed by atoms with Crippen LogP contribution in [0.4, 0.5) is 5.82 Å². The van der Waals surface area contributed by atoms with Gasteiger partial charge < -0.3 is 4.90 Å². The Morgan fingerprint density at radius 3 is 2.41 bits per heavy atom. The van der Waals surface area contributed by atoms with E-state index in [0.29, 0.717) is 10.7 Å². The number of pyridine rings is 1. The van der Waals surface area contributed by atoms with Crippen molar-refractivity contribution in [2.24, 2.45) is 0 Å². The van der Waals surface area contributed by atoms with Gasteiger partial charge in [0.2, 0.25) is 5.28 Å². The van der Waals surface area contributed by atoms with Crippen LogP contribution in [-0.4, -0.2) is 29.0 Å². The van der Waals surface area contributed by atoms with Crippen molar-refractivity contribution in [3.63, 3.8) is 0 Å². The number of hydrogen-bond donors (Lipinski definition) is 0. The molecule has 0 saturated heterocycles. The molecular formula is C11H10Cl2N4. The third kappa shape index (κ3) is 2.65. The van der Waals surface area contributed by atoms with E-state index in [-0.39, 0.29) is 5.28 Å². The van der Waals surface area contributed by atoms with Crippen LogP contribution in [0.2, 0.25) is 10.3 Å². The Kier molecular flexibility index (Phi) is 3.45. The van der Waals surface area contributed by atoms with Crippen molar-refractivity contribution in [1.82, 2.24) is 15.0 Å². The fourth-order valence-corrected chi connectivity index (χ4v) is 1.67. The molecule has 2 aromatic rings. The Hall–Kier alpha value is -1.39. The van der Waals surface area contributed by atoms with Gasteiger partial charge in [0.25, 0.3) is 0 Å². The van der Waals surface area contributed by atoms with Crippen LogP contribution in [0.25, 0.3) is 11.3 Å². The van der Waals surface area contributed by atoms with Gasteiger partial charge in [-0.3, -0.25) is 0 Å². The first-order valence-corrected chi connectivity index (χ1v) is 5.65. The number of aromatic nitrogens is 3. The summed E-state index contributed by atoms with van der Waals surface area (Å²) < 4.78 is 0. The van der Waals surface area contributed by atoms with Crippen LogP contribution in [0.5, 0.6) is 0 Å². The molecule has 0 fully saturated rings. The molecule has 4 nitrogen and oxygen atoms in total. The van der Waals surface area contributed by atoms with Gasteiger partial charge in [-0.15, -0.1) is 0 Å². The predicted octanol–water partition coefficient (Wildman–Crippen LogP) is 2.91. The third-order valence-electron chi connectivity index (χ3n) is 2.19. The Bertz CT molecular complexity index is 525. The monoisotopic (exact) mass is 268 g/mol. The molecule has 0 aliphatic heterocycles. The zero-order chi connectivity index (χ0) is 12.4. The molecule has 0 N–H and O–H groups in total. The molecule has 0 atom stereocenters. The molecule has 88 valence electrons. The molecule has 0 aromatic carbocycles. The van der Waals surface area contributed by atoms with Gasteiger partial charge in [0.15, 0.2) is 0 Å². The van der Waals surface area contributed by atoms with Crippen molar-refractivity contribution in [1.29, 1.82) is 0 Å². The molecule has 0 aliphatic carbocycles.